The van der Waals surface area contributed by atoms with Gasteiger partial charge in [-0.05, 0) is 13.3 Å². The molecule has 0 spiro atoms. The first-order valence-corrected chi connectivity index (χ1v) is 3.58. The molecule has 0 unspecified atom stereocenters. The number of rotatable bonds is 3. The number of hydrogen-bond donors (Lipinski definition) is 0. The van der Waals surface area contributed by atoms with Crippen LogP contribution in [0.15, 0.2) is 17.3 Å². The molecule has 0 saturated heterocycles. The molecular formula is C8H15NO. The highest BCUT2D eigenvalue weighted by molar-refractivity contribution is 5.76. The Bertz CT molecular complexity index is 127. The van der Waals surface area contributed by atoms with Crippen LogP contribution in [-0.2, 0) is 4.74 Å². The van der Waals surface area contributed by atoms with Gasteiger partial charge < -0.3 is 4.74 Å². The van der Waals surface area contributed by atoms with E-state index in [1.165, 1.54) is 0 Å². The molecule has 0 fully saturated rings. The van der Waals surface area contributed by atoms with Crippen LogP contribution in [0.5, 0.6) is 0 Å². The van der Waals surface area contributed by atoms with Gasteiger partial charge in [-0.1, -0.05) is 13.0 Å². The minimum atomic E-state index is 0.806. The summed E-state index contributed by atoms with van der Waals surface area (Å²) in [5.74, 6) is 0.806. The van der Waals surface area contributed by atoms with Crippen molar-refractivity contribution < 1.29 is 4.74 Å². The van der Waals surface area contributed by atoms with E-state index in [1.807, 2.05) is 13.0 Å². The second kappa shape index (κ2) is 6.33. The Hall–Kier alpha value is -0.790. The molecule has 0 aliphatic heterocycles. The zero-order chi connectivity index (χ0) is 7.82. The Balaban J connectivity index is 3.62. The second-order valence-corrected chi connectivity index (χ2v) is 1.95. The van der Waals surface area contributed by atoms with E-state index in [0.717, 1.165) is 18.7 Å². The van der Waals surface area contributed by atoms with Crippen molar-refractivity contribution in [2.75, 3.05) is 7.05 Å². The first kappa shape index (κ1) is 9.21. The Morgan fingerprint density at radius 3 is 2.70 bits per heavy atom. The molecule has 0 aliphatic rings. The topological polar surface area (TPSA) is 21.6 Å². The fourth-order valence-corrected chi connectivity index (χ4v) is 0.584. The van der Waals surface area contributed by atoms with Gasteiger partial charge in [0.2, 0.25) is 0 Å². The van der Waals surface area contributed by atoms with Crippen LogP contribution in [0.3, 0.4) is 0 Å². The molecule has 0 aromatic carbocycles. The van der Waals surface area contributed by atoms with Gasteiger partial charge in [0, 0.05) is 13.5 Å². The van der Waals surface area contributed by atoms with E-state index in [9.17, 15) is 0 Å². The summed E-state index contributed by atoms with van der Waals surface area (Å²) in [5.41, 5.74) is 0. The third-order valence-corrected chi connectivity index (χ3v) is 1.05. The first-order chi connectivity index (χ1) is 4.85. The van der Waals surface area contributed by atoms with E-state index < -0.39 is 0 Å². The number of aliphatic imine (C=N–C) groups is 1. The number of allylic oxidation sites excluding steroid dienone is 1. The lowest BCUT2D eigenvalue weighted by Gasteiger charge is -2.00. The smallest absolute Gasteiger partial charge is 0.188 e. The van der Waals surface area contributed by atoms with Gasteiger partial charge >= 0.3 is 0 Å². The van der Waals surface area contributed by atoms with Gasteiger partial charge in [0.1, 0.15) is 0 Å². The van der Waals surface area contributed by atoms with Gasteiger partial charge in [-0.2, -0.15) is 0 Å². The minimum absolute atomic E-state index is 0.806. The van der Waals surface area contributed by atoms with Crippen molar-refractivity contribution in [2.45, 2.75) is 26.7 Å². The third-order valence-electron chi connectivity index (χ3n) is 1.05. The average Bonchev–Trinajstić information content (AvgIpc) is 1.98. The summed E-state index contributed by atoms with van der Waals surface area (Å²) < 4.78 is 5.15. The molecular weight excluding hydrogens is 126 g/mol. The first-order valence-electron chi connectivity index (χ1n) is 3.58. The van der Waals surface area contributed by atoms with E-state index >= 15 is 0 Å². The van der Waals surface area contributed by atoms with E-state index in [0.29, 0.717) is 0 Å². The molecule has 0 bridgehead atoms. The van der Waals surface area contributed by atoms with Crippen molar-refractivity contribution in [1.82, 2.24) is 0 Å². The van der Waals surface area contributed by atoms with Crippen LogP contribution >= 0.6 is 0 Å². The van der Waals surface area contributed by atoms with Crippen molar-refractivity contribution in [3.05, 3.63) is 12.3 Å². The Labute approximate surface area is 62.6 Å². The van der Waals surface area contributed by atoms with E-state index in [1.54, 1.807) is 13.3 Å². The lowest BCUT2D eigenvalue weighted by molar-refractivity contribution is 0.453. The zero-order valence-corrected chi connectivity index (χ0v) is 6.92. The van der Waals surface area contributed by atoms with E-state index in [-0.39, 0.29) is 0 Å². The maximum atomic E-state index is 5.15. The molecule has 0 rings (SSSR count). The van der Waals surface area contributed by atoms with Crippen molar-refractivity contribution >= 4 is 5.90 Å². The number of hydrogen-bond acceptors (Lipinski definition) is 2. The number of nitrogens with zero attached hydrogens (tertiary/aromatic N) is 1. The van der Waals surface area contributed by atoms with Crippen LogP contribution in [-0.4, -0.2) is 12.9 Å². The molecule has 2 heteroatoms. The molecule has 0 amide bonds. The summed E-state index contributed by atoms with van der Waals surface area (Å²) in [4.78, 5) is 3.96. The van der Waals surface area contributed by atoms with Crippen LogP contribution < -0.4 is 0 Å². The molecule has 0 heterocycles. The molecule has 0 aromatic rings. The monoisotopic (exact) mass is 141 g/mol. The van der Waals surface area contributed by atoms with Crippen molar-refractivity contribution in [3.8, 4) is 0 Å². The summed E-state index contributed by atoms with van der Waals surface area (Å²) in [7, 11) is 1.74. The predicted molar refractivity (Wildman–Crippen MR) is 44.2 cm³/mol. The van der Waals surface area contributed by atoms with Gasteiger partial charge in [-0.3, -0.25) is 4.99 Å². The summed E-state index contributed by atoms with van der Waals surface area (Å²) in [6, 6.07) is 0. The van der Waals surface area contributed by atoms with Gasteiger partial charge in [0.05, 0.1) is 6.26 Å². The van der Waals surface area contributed by atoms with Crippen LogP contribution in [0.2, 0.25) is 0 Å². The van der Waals surface area contributed by atoms with Gasteiger partial charge in [-0.25, -0.2) is 0 Å². The fraction of sp³-hybridized carbons (Fsp3) is 0.625. The van der Waals surface area contributed by atoms with Gasteiger partial charge in [0.25, 0.3) is 0 Å². The summed E-state index contributed by atoms with van der Waals surface area (Å²) in [6.45, 7) is 4.02. The Morgan fingerprint density at radius 1 is 1.60 bits per heavy atom. The lowest BCUT2D eigenvalue weighted by Crippen LogP contribution is -1.98. The highest BCUT2D eigenvalue weighted by atomic mass is 16.5. The lowest BCUT2D eigenvalue weighted by atomic mass is 10.3. The van der Waals surface area contributed by atoms with E-state index in [4.69, 9.17) is 4.74 Å². The summed E-state index contributed by atoms with van der Waals surface area (Å²) in [6.07, 6.45) is 5.49. The Morgan fingerprint density at radius 2 is 2.30 bits per heavy atom. The maximum absolute atomic E-state index is 5.15. The minimum Gasteiger partial charge on any atom is -0.451 e. The molecule has 2 nitrogen and oxygen atoms in total. The van der Waals surface area contributed by atoms with Crippen LogP contribution in [0.25, 0.3) is 0 Å². The molecule has 0 atom stereocenters. The molecule has 0 aliphatic carbocycles. The molecule has 10 heavy (non-hydrogen) atoms. The van der Waals surface area contributed by atoms with E-state index in [2.05, 4.69) is 11.9 Å². The summed E-state index contributed by atoms with van der Waals surface area (Å²) in [5, 5.41) is 0. The molecule has 0 saturated carbocycles. The molecule has 0 aromatic heterocycles. The molecule has 0 N–H and O–H groups in total. The molecule has 0 radical (unpaired) electrons. The van der Waals surface area contributed by atoms with Crippen molar-refractivity contribution in [2.24, 2.45) is 4.99 Å². The SMILES string of the molecule is CC=COC(CCC)=NC. The van der Waals surface area contributed by atoms with Crippen LogP contribution in [0.4, 0.5) is 0 Å². The van der Waals surface area contributed by atoms with Crippen molar-refractivity contribution in [1.29, 1.82) is 0 Å². The van der Waals surface area contributed by atoms with Gasteiger partial charge in [0.15, 0.2) is 5.90 Å². The summed E-state index contributed by atoms with van der Waals surface area (Å²) >= 11 is 0. The maximum Gasteiger partial charge on any atom is 0.188 e. The average molecular weight is 141 g/mol. The Kier molecular flexibility index (Phi) is 5.83. The largest absolute Gasteiger partial charge is 0.451 e. The van der Waals surface area contributed by atoms with Crippen molar-refractivity contribution in [3.63, 3.8) is 0 Å². The quantitative estimate of drug-likeness (QED) is 0.336. The van der Waals surface area contributed by atoms with Crippen LogP contribution in [0.1, 0.15) is 26.7 Å². The third kappa shape index (κ3) is 4.13. The highest BCUT2D eigenvalue weighted by Gasteiger charge is 1.92. The normalized spacial score (nSPS) is 12.5. The standard InChI is InChI=1S/C8H15NO/c1-4-6-8(9-3)10-7-5-2/h5,7H,4,6H2,1-3H3. The fourth-order valence-electron chi connectivity index (χ4n) is 0.584. The van der Waals surface area contributed by atoms with Gasteiger partial charge in [-0.15, -0.1) is 0 Å². The molecule has 58 valence electrons. The zero-order valence-electron chi connectivity index (χ0n) is 6.92. The highest BCUT2D eigenvalue weighted by Crippen LogP contribution is 1.94. The predicted octanol–water partition coefficient (Wildman–Crippen LogP) is 2.37. The number of ether oxygens (including phenoxy) is 1. The van der Waals surface area contributed by atoms with Crippen LogP contribution in [0, 0.1) is 0 Å². The second-order valence-electron chi connectivity index (χ2n) is 1.95.